The van der Waals surface area contributed by atoms with Crippen molar-refractivity contribution in [1.29, 1.82) is 0 Å². The number of alkyl halides is 3. The summed E-state index contributed by atoms with van der Waals surface area (Å²) in [4.78, 5) is 0. The number of hydrogen-bond acceptors (Lipinski definition) is 0. The number of benzene rings is 2. The first kappa shape index (κ1) is 13.2. The Morgan fingerprint density at radius 2 is 1.44 bits per heavy atom. The molecule has 2 aromatic carbocycles. The molecule has 2 rings (SSSR count). The van der Waals surface area contributed by atoms with Gasteiger partial charge in [0.1, 0.15) is 0 Å². The average molecular weight is 315 g/mol. The van der Waals surface area contributed by atoms with E-state index in [0.717, 1.165) is 11.6 Å². The summed E-state index contributed by atoms with van der Waals surface area (Å²) in [6.07, 6.45) is -4.25. The Kier molecular flexibility index (Phi) is 4.10. The first-order valence-electron chi connectivity index (χ1n) is 5.40. The molecule has 0 saturated heterocycles. The monoisotopic (exact) mass is 316 g/mol. The van der Waals surface area contributed by atoms with Crippen molar-refractivity contribution in [1.82, 2.24) is 0 Å². The van der Waals surface area contributed by atoms with Crippen molar-refractivity contribution in [2.75, 3.05) is 0 Å². The summed E-state index contributed by atoms with van der Waals surface area (Å²) in [7, 11) is 0. The second kappa shape index (κ2) is 5.59. The molecular formula is C14H11F3Se. The summed E-state index contributed by atoms with van der Waals surface area (Å²) in [5, 5.41) is 0.681. The zero-order valence-corrected chi connectivity index (χ0v) is 11.2. The van der Waals surface area contributed by atoms with E-state index in [2.05, 4.69) is 0 Å². The second-order valence-corrected chi connectivity index (χ2v) is 5.90. The van der Waals surface area contributed by atoms with Crippen LogP contribution in [0.4, 0.5) is 13.2 Å². The Bertz CT molecular complexity index is 506. The number of halogens is 3. The molecule has 0 atom stereocenters. The van der Waals surface area contributed by atoms with Gasteiger partial charge in [0.2, 0.25) is 0 Å². The van der Waals surface area contributed by atoms with E-state index < -0.39 is 11.7 Å². The Labute approximate surface area is 110 Å². The predicted octanol–water partition coefficient (Wildman–Crippen LogP) is 3.24. The molecule has 0 fully saturated rings. The van der Waals surface area contributed by atoms with Gasteiger partial charge in [-0.25, -0.2) is 0 Å². The van der Waals surface area contributed by atoms with Crippen LogP contribution in [0.25, 0.3) is 0 Å². The minimum absolute atomic E-state index is 0.201. The Hall–Kier alpha value is -1.25. The summed E-state index contributed by atoms with van der Waals surface area (Å²) in [5.41, 5.74) is 0.579. The fraction of sp³-hybridized carbons (Fsp3) is 0.143. The van der Waals surface area contributed by atoms with Crippen molar-refractivity contribution in [3.8, 4) is 0 Å². The molecule has 0 heterocycles. The van der Waals surface area contributed by atoms with E-state index in [0.29, 0.717) is 9.78 Å². The van der Waals surface area contributed by atoms with Crippen molar-refractivity contribution in [2.24, 2.45) is 0 Å². The predicted molar refractivity (Wildman–Crippen MR) is 67.0 cm³/mol. The van der Waals surface area contributed by atoms with Gasteiger partial charge in [-0.2, -0.15) is 0 Å². The quantitative estimate of drug-likeness (QED) is 0.763. The Balaban J connectivity index is 2.15. The molecule has 0 saturated carbocycles. The van der Waals surface area contributed by atoms with Crippen LogP contribution < -0.4 is 4.46 Å². The molecule has 0 unspecified atom stereocenters. The first-order valence-corrected chi connectivity index (χ1v) is 7.47. The van der Waals surface area contributed by atoms with Gasteiger partial charge in [0.15, 0.2) is 0 Å². The van der Waals surface area contributed by atoms with E-state index in [1.165, 1.54) is 6.07 Å². The molecule has 0 nitrogen and oxygen atoms in total. The fourth-order valence-corrected chi connectivity index (χ4v) is 3.72. The van der Waals surface area contributed by atoms with E-state index in [4.69, 9.17) is 0 Å². The summed E-state index contributed by atoms with van der Waals surface area (Å²) >= 11 is -0.201. The zero-order chi connectivity index (χ0) is 13.0. The van der Waals surface area contributed by atoms with Gasteiger partial charge in [0, 0.05) is 0 Å². The van der Waals surface area contributed by atoms with Gasteiger partial charge in [-0.1, -0.05) is 0 Å². The van der Waals surface area contributed by atoms with Crippen LogP contribution in [0.1, 0.15) is 11.1 Å². The van der Waals surface area contributed by atoms with E-state index in [-0.39, 0.29) is 15.0 Å². The van der Waals surface area contributed by atoms with Crippen LogP contribution in [0.2, 0.25) is 0 Å². The molecule has 2 aromatic rings. The minimum atomic E-state index is -4.25. The molecule has 0 aliphatic heterocycles. The van der Waals surface area contributed by atoms with Crippen LogP contribution in [-0.2, 0) is 11.5 Å². The van der Waals surface area contributed by atoms with Crippen LogP contribution >= 0.6 is 0 Å². The van der Waals surface area contributed by atoms with E-state index in [1.807, 2.05) is 30.3 Å². The molecule has 0 aliphatic carbocycles. The van der Waals surface area contributed by atoms with Gasteiger partial charge in [-0.15, -0.1) is 0 Å². The molecule has 0 aliphatic rings. The summed E-state index contributed by atoms with van der Waals surface area (Å²) < 4.78 is 38.8. The summed E-state index contributed by atoms with van der Waals surface area (Å²) in [5.74, 6) is 0. The van der Waals surface area contributed by atoms with Crippen LogP contribution in [0.15, 0.2) is 54.6 Å². The second-order valence-electron chi connectivity index (χ2n) is 3.77. The van der Waals surface area contributed by atoms with Crippen molar-refractivity contribution in [2.45, 2.75) is 11.5 Å². The van der Waals surface area contributed by atoms with Crippen LogP contribution in [-0.4, -0.2) is 15.0 Å². The van der Waals surface area contributed by atoms with Gasteiger partial charge in [0.05, 0.1) is 0 Å². The molecule has 0 spiro atoms. The summed E-state index contributed by atoms with van der Waals surface area (Å²) in [6.45, 7) is 0. The van der Waals surface area contributed by atoms with Gasteiger partial charge < -0.3 is 0 Å². The molecule has 0 aromatic heterocycles. The van der Waals surface area contributed by atoms with Crippen molar-refractivity contribution in [3.63, 3.8) is 0 Å². The summed E-state index contributed by atoms with van der Waals surface area (Å²) in [6, 6.07) is 15.4. The number of hydrogen-bond donors (Lipinski definition) is 0. The van der Waals surface area contributed by atoms with Crippen LogP contribution in [0, 0.1) is 0 Å². The standard InChI is InChI=1S/C14H11F3Se/c15-14(16,17)12-8-4-5-9-13(12)18-10-11-6-2-1-3-7-11/h1-9H,10H2. The Morgan fingerprint density at radius 3 is 2.11 bits per heavy atom. The third kappa shape index (κ3) is 3.37. The van der Waals surface area contributed by atoms with Gasteiger partial charge in [-0.05, 0) is 0 Å². The first-order chi connectivity index (χ1) is 8.57. The molecule has 4 heteroatoms. The van der Waals surface area contributed by atoms with E-state index >= 15 is 0 Å². The third-order valence-corrected chi connectivity index (χ3v) is 4.83. The van der Waals surface area contributed by atoms with Crippen molar-refractivity contribution >= 4 is 19.4 Å². The van der Waals surface area contributed by atoms with E-state index in [9.17, 15) is 13.2 Å². The molecule has 0 bridgehead atoms. The van der Waals surface area contributed by atoms with Crippen LogP contribution in [0.3, 0.4) is 0 Å². The van der Waals surface area contributed by atoms with Gasteiger partial charge in [0.25, 0.3) is 0 Å². The topological polar surface area (TPSA) is 0 Å². The molecule has 18 heavy (non-hydrogen) atoms. The molecular weight excluding hydrogens is 304 g/mol. The van der Waals surface area contributed by atoms with E-state index in [1.54, 1.807) is 12.1 Å². The Morgan fingerprint density at radius 1 is 0.833 bits per heavy atom. The molecule has 0 radical (unpaired) electrons. The number of rotatable bonds is 3. The van der Waals surface area contributed by atoms with Gasteiger partial charge >= 0.3 is 110 Å². The maximum absolute atomic E-state index is 12.8. The average Bonchev–Trinajstić information content (AvgIpc) is 2.37. The third-order valence-electron chi connectivity index (χ3n) is 2.43. The fourth-order valence-electron chi connectivity index (χ4n) is 1.56. The normalized spacial score (nSPS) is 11.5. The van der Waals surface area contributed by atoms with Gasteiger partial charge in [-0.3, -0.25) is 0 Å². The van der Waals surface area contributed by atoms with Crippen molar-refractivity contribution in [3.05, 3.63) is 65.7 Å². The van der Waals surface area contributed by atoms with Crippen LogP contribution in [0.5, 0.6) is 0 Å². The maximum atomic E-state index is 12.8. The van der Waals surface area contributed by atoms with Crippen molar-refractivity contribution < 1.29 is 13.2 Å². The molecule has 0 N–H and O–H groups in total. The SMILES string of the molecule is FC(F)(F)c1ccccc1[Se]Cc1ccccc1. The molecule has 94 valence electrons. The zero-order valence-electron chi connectivity index (χ0n) is 9.45. The molecule has 0 amide bonds.